The summed E-state index contributed by atoms with van der Waals surface area (Å²) >= 11 is 6.29. The molecule has 21 heavy (non-hydrogen) atoms. The molecule has 0 amide bonds. The highest BCUT2D eigenvalue weighted by atomic mass is 35.5. The third-order valence-corrected chi connectivity index (χ3v) is 3.35. The van der Waals surface area contributed by atoms with Crippen molar-refractivity contribution in [1.82, 2.24) is 10.3 Å². The number of nitrogens with zero attached hydrogens (tertiary/aromatic N) is 1. The molecule has 0 radical (unpaired) electrons. The molecule has 0 aliphatic carbocycles. The largest absolute Gasteiger partial charge is 0.493 e. The Morgan fingerprint density at radius 2 is 2.10 bits per heavy atom. The molecule has 4 nitrogen and oxygen atoms in total. The lowest BCUT2D eigenvalue weighted by Gasteiger charge is -2.13. The number of pyridine rings is 1. The SMILES string of the molecule is CCOc1cc(Cl)c(CNCc2cccnc2)cc1OC. The van der Waals surface area contributed by atoms with Crippen LogP contribution in [0, 0.1) is 0 Å². The predicted octanol–water partition coefficient (Wildman–Crippen LogP) is 3.43. The molecule has 5 heteroatoms. The average molecular weight is 307 g/mol. The van der Waals surface area contributed by atoms with Crippen molar-refractivity contribution < 1.29 is 9.47 Å². The Kier molecular flexibility index (Phi) is 5.84. The summed E-state index contributed by atoms with van der Waals surface area (Å²) < 4.78 is 10.8. The van der Waals surface area contributed by atoms with Crippen LogP contribution in [0.15, 0.2) is 36.7 Å². The molecule has 112 valence electrons. The van der Waals surface area contributed by atoms with Gasteiger partial charge in [0.25, 0.3) is 0 Å². The van der Waals surface area contributed by atoms with Crippen LogP contribution >= 0.6 is 11.6 Å². The van der Waals surface area contributed by atoms with E-state index in [9.17, 15) is 0 Å². The first-order valence-electron chi connectivity index (χ1n) is 6.83. The summed E-state index contributed by atoms with van der Waals surface area (Å²) in [7, 11) is 1.62. The lowest BCUT2D eigenvalue weighted by atomic mass is 10.2. The van der Waals surface area contributed by atoms with E-state index in [-0.39, 0.29) is 0 Å². The van der Waals surface area contributed by atoms with Gasteiger partial charge in [-0.15, -0.1) is 0 Å². The van der Waals surface area contributed by atoms with E-state index in [0.717, 1.165) is 17.7 Å². The fraction of sp³-hybridized carbons (Fsp3) is 0.312. The fourth-order valence-electron chi connectivity index (χ4n) is 1.98. The maximum atomic E-state index is 6.29. The Labute approximate surface area is 130 Å². The lowest BCUT2D eigenvalue weighted by Crippen LogP contribution is -2.13. The molecule has 0 unspecified atom stereocenters. The van der Waals surface area contributed by atoms with Gasteiger partial charge in [0.05, 0.1) is 13.7 Å². The van der Waals surface area contributed by atoms with Gasteiger partial charge in [0.1, 0.15) is 0 Å². The molecule has 1 aromatic carbocycles. The van der Waals surface area contributed by atoms with Gasteiger partial charge in [0, 0.05) is 36.6 Å². The smallest absolute Gasteiger partial charge is 0.162 e. The van der Waals surface area contributed by atoms with Gasteiger partial charge in [-0.25, -0.2) is 0 Å². The quantitative estimate of drug-likeness (QED) is 0.851. The van der Waals surface area contributed by atoms with Crippen LogP contribution < -0.4 is 14.8 Å². The van der Waals surface area contributed by atoms with Crippen molar-refractivity contribution in [2.24, 2.45) is 0 Å². The second-order valence-electron chi connectivity index (χ2n) is 4.49. The zero-order valence-corrected chi connectivity index (χ0v) is 13.0. The first-order valence-corrected chi connectivity index (χ1v) is 7.21. The molecule has 1 N–H and O–H groups in total. The van der Waals surface area contributed by atoms with Crippen molar-refractivity contribution in [1.29, 1.82) is 0 Å². The minimum Gasteiger partial charge on any atom is -0.493 e. The number of nitrogens with one attached hydrogen (secondary N) is 1. The molecule has 0 bridgehead atoms. The Hall–Kier alpha value is -1.78. The van der Waals surface area contributed by atoms with Crippen molar-refractivity contribution >= 4 is 11.6 Å². The highest BCUT2D eigenvalue weighted by molar-refractivity contribution is 6.31. The van der Waals surface area contributed by atoms with E-state index in [0.29, 0.717) is 29.7 Å². The van der Waals surface area contributed by atoms with Crippen LogP contribution in [0.3, 0.4) is 0 Å². The summed E-state index contributed by atoms with van der Waals surface area (Å²) in [5.74, 6) is 1.36. The molecular formula is C16H19ClN2O2. The maximum absolute atomic E-state index is 6.29. The summed E-state index contributed by atoms with van der Waals surface area (Å²) in [6.07, 6.45) is 3.60. The Balaban J connectivity index is 2.02. The molecule has 0 saturated carbocycles. The summed E-state index contributed by atoms with van der Waals surface area (Å²) in [5.41, 5.74) is 2.10. The molecule has 0 atom stereocenters. The van der Waals surface area contributed by atoms with Crippen LogP contribution in [0.4, 0.5) is 0 Å². The van der Waals surface area contributed by atoms with Crippen LogP contribution in [-0.4, -0.2) is 18.7 Å². The van der Waals surface area contributed by atoms with Crippen LogP contribution in [0.1, 0.15) is 18.1 Å². The van der Waals surface area contributed by atoms with Gasteiger partial charge in [0.15, 0.2) is 11.5 Å². The highest BCUT2D eigenvalue weighted by Gasteiger charge is 2.10. The standard InChI is InChI=1S/C16H19ClN2O2/c1-3-21-16-8-14(17)13(7-15(16)20-2)11-19-10-12-5-4-6-18-9-12/h4-9,19H,3,10-11H2,1-2H3. The van der Waals surface area contributed by atoms with E-state index in [1.54, 1.807) is 19.4 Å². The second-order valence-corrected chi connectivity index (χ2v) is 4.90. The molecule has 0 saturated heterocycles. The molecule has 1 heterocycles. The first kappa shape index (κ1) is 15.6. The number of halogens is 1. The maximum Gasteiger partial charge on any atom is 0.162 e. The van der Waals surface area contributed by atoms with Gasteiger partial charge in [-0.3, -0.25) is 4.98 Å². The molecule has 1 aromatic heterocycles. The van der Waals surface area contributed by atoms with Crippen molar-refractivity contribution in [2.45, 2.75) is 20.0 Å². The normalized spacial score (nSPS) is 10.4. The molecular weight excluding hydrogens is 288 g/mol. The minimum atomic E-state index is 0.575. The Morgan fingerprint density at radius 1 is 1.24 bits per heavy atom. The molecule has 0 fully saturated rings. The van der Waals surface area contributed by atoms with Gasteiger partial charge in [-0.2, -0.15) is 0 Å². The third-order valence-electron chi connectivity index (χ3n) is 3.00. The summed E-state index contributed by atoms with van der Waals surface area (Å²) in [4.78, 5) is 4.08. The molecule has 2 aromatic rings. The minimum absolute atomic E-state index is 0.575. The van der Waals surface area contributed by atoms with Crippen molar-refractivity contribution in [3.8, 4) is 11.5 Å². The summed E-state index contributed by atoms with van der Waals surface area (Å²) in [6, 6.07) is 7.65. The van der Waals surface area contributed by atoms with Crippen LogP contribution in [0.2, 0.25) is 5.02 Å². The molecule has 0 aliphatic rings. The van der Waals surface area contributed by atoms with Gasteiger partial charge in [-0.1, -0.05) is 17.7 Å². The Bertz CT molecular complexity index is 576. The zero-order valence-electron chi connectivity index (χ0n) is 12.2. The number of benzene rings is 1. The van der Waals surface area contributed by atoms with Gasteiger partial charge in [-0.05, 0) is 30.2 Å². The van der Waals surface area contributed by atoms with Gasteiger partial charge in [0.2, 0.25) is 0 Å². The van der Waals surface area contributed by atoms with E-state index in [4.69, 9.17) is 21.1 Å². The third kappa shape index (κ3) is 4.34. The zero-order chi connectivity index (χ0) is 15.1. The number of ether oxygens (including phenoxy) is 2. The van der Waals surface area contributed by atoms with E-state index in [1.807, 2.05) is 31.3 Å². The topological polar surface area (TPSA) is 43.4 Å². The van der Waals surface area contributed by atoms with E-state index < -0.39 is 0 Å². The number of aromatic nitrogens is 1. The second kappa shape index (κ2) is 7.86. The van der Waals surface area contributed by atoms with Crippen LogP contribution in [-0.2, 0) is 13.1 Å². The Morgan fingerprint density at radius 3 is 2.76 bits per heavy atom. The summed E-state index contributed by atoms with van der Waals surface area (Å²) in [6.45, 7) is 3.89. The average Bonchev–Trinajstić information content (AvgIpc) is 2.51. The van der Waals surface area contributed by atoms with Gasteiger partial charge < -0.3 is 14.8 Å². The fourth-order valence-corrected chi connectivity index (χ4v) is 2.21. The molecule has 0 spiro atoms. The number of rotatable bonds is 7. The van der Waals surface area contributed by atoms with Crippen LogP contribution in [0.25, 0.3) is 0 Å². The van der Waals surface area contributed by atoms with Crippen LogP contribution in [0.5, 0.6) is 11.5 Å². The highest BCUT2D eigenvalue weighted by Crippen LogP contribution is 2.33. The number of methoxy groups -OCH3 is 1. The first-order chi connectivity index (χ1) is 10.2. The predicted molar refractivity (Wildman–Crippen MR) is 84.0 cm³/mol. The van der Waals surface area contributed by atoms with E-state index in [2.05, 4.69) is 10.3 Å². The molecule has 0 aliphatic heterocycles. The number of hydrogen-bond donors (Lipinski definition) is 1. The van der Waals surface area contributed by atoms with Gasteiger partial charge >= 0.3 is 0 Å². The van der Waals surface area contributed by atoms with E-state index in [1.165, 1.54) is 0 Å². The van der Waals surface area contributed by atoms with Crippen molar-refractivity contribution in [2.75, 3.05) is 13.7 Å². The van der Waals surface area contributed by atoms with Crippen molar-refractivity contribution in [3.05, 3.63) is 52.8 Å². The van der Waals surface area contributed by atoms with Crippen molar-refractivity contribution in [3.63, 3.8) is 0 Å². The van der Waals surface area contributed by atoms with E-state index >= 15 is 0 Å². The monoisotopic (exact) mass is 306 g/mol. The lowest BCUT2D eigenvalue weighted by molar-refractivity contribution is 0.310. The molecule has 2 rings (SSSR count). The number of hydrogen-bond acceptors (Lipinski definition) is 4. The summed E-state index contributed by atoms with van der Waals surface area (Å²) in [5, 5.41) is 4.01.